The van der Waals surface area contributed by atoms with Crippen LogP contribution in [0.25, 0.3) is 0 Å². The SMILES string of the molecule is CC(C)N[C@@H](CC(=O)O)C(=O)OC(C)C. The van der Waals surface area contributed by atoms with Crippen molar-refractivity contribution in [1.82, 2.24) is 5.32 Å². The van der Waals surface area contributed by atoms with E-state index >= 15 is 0 Å². The zero-order valence-corrected chi connectivity index (χ0v) is 9.61. The van der Waals surface area contributed by atoms with Crippen molar-refractivity contribution in [1.29, 1.82) is 0 Å². The van der Waals surface area contributed by atoms with Gasteiger partial charge in [0.05, 0.1) is 12.5 Å². The molecule has 0 saturated heterocycles. The highest BCUT2D eigenvalue weighted by Crippen LogP contribution is 2.01. The van der Waals surface area contributed by atoms with Crippen LogP contribution in [-0.2, 0) is 14.3 Å². The van der Waals surface area contributed by atoms with Crippen LogP contribution in [-0.4, -0.2) is 35.2 Å². The van der Waals surface area contributed by atoms with Gasteiger partial charge in [-0.1, -0.05) is 13.8 Å². The first-order valence-corrected chi connectivity index (χ1v) is 5.01. The van der Waals surface area contributed by atoms with Crippen molar-refractivity contribution in [3.8, 4) is 0 Å². The van der Waals surface area contributed by atoms with Gasteiger partial charge >= 0.3 is 11.9 Å². The Kier molecular flexibility index (Phi) is 5.93. The van der Waals surface area contributed by atoms with E-state index in [1.807, 2.05) is 13.8 Å². The number of carbonyl (C=O) groups is 2. The summed E-state index contributed by atoms with van der Waals surface area (Å²) in [5, 5.41) is 11.5. The molecule has 1 atom stereocenters. The van der Waals surface area contributed by atoms with Crippen molar-refractivity contribution in [2.24, 2.45) is 0 Å². The van der Waals surface area contributed by atoms with Gasteiger partial charge in [0.25, 0.3) is 0 Å². The highest BCUT2D eigenvalue weighted by molar-refractivity contribution is 5.82. The fourth-order valence-corrected chi connectivity index (χ4v) is 1.10. The number of hydrogen-bond acceptors (Lipinski definition) is 4. The zero-order chi connectivity index (χ0) is 12.0. The van der Waals surface area contributed by atoms with E-state index in [1.165, 1.54) is 0 Å². The maximum absolute atomic E-state index is 11.5. The third-order valence-electron chi connectivity index (χ3n) is 1.55. The number of hydrogen-bond donors (Lipinski definition) is 2. The van der Waals surface area contributed by atoms with E-state index in [-0.39, 0.29) is 18.6 Å². The number of carbonyl (C=O) groups excluding carboxylic acids is 1. The van der Waals surface area contributed by atoms with E-state index in [2.05, 4.69) is 5.32 Å². The summed E-state index contributed by atoms with van der Waals surface area (Å²) in [6, 6.07) is -0.737. The van der Waals surface area contributed by atoms with Crippen molar-refractivity contribution < 1.29 is 19.4 Å². The van der Waals surface area contributed by atoms with Gasteiger partial charge in [-0.2, -0.15) is 0 Å². The van der Waals surface area contributed by atoms with E-state index < -0.39 is 18.0 Å². The quantitative estimate of drug-likeness (QED) is 0.643. The first kappa shape index (κ1) is 13.9. The van der Waals surface area contributed by atoms with Gasteiger partial charge in [0.1, 0.15) is 6.04 Å². The van der Waals surface area contributed by atoms with Crippen LogP contribution in [0.15, 0.2) is 0 Å². The Balaban J connectivity index is 4.33. The molecule has 0 bridgehead atoms. The molecule has 0 saturated carbocycles. The topological polar surface area (TPSA) is 75.6 Å². The summed E-state index contributed by atoms with van der Waals surface area (Å²) < 4.78 is 4.95. The highest BCUT2D eigenvalue weighted by atomic mass is 16.5. The van der Waals surface area contributed by atoms with Gasteiger partial charge in [0.2, 0.25) is 0 Å². The Morgan fingerprint density at radius 2 is 1.80 bits per heavy atom. The molecule has 0 aliphatic heterocycles. The van der Waals surface area contributed by atoms with Crippen molar-refractivity contribution in [3.63, 3.8) is 0 Å². The van der Waals surface area contributed by atoms with Crippen LogP contribution in [0.3, 0.4) is 0 Å². The van der Waals surface area contributed by atoms with Gasteiger partial charge in [-0.15, -0.1) is 0 Å². The zero-order valence-electron chi connectivity index (χ0n) is 9.61. The molecule has 0 aromatic heterocycles. The number of carboxylic acids is 1. The molecule has 0 spiro atoms. The Bertz CT molecular complexity index is 225. The largest absolute Gasteiger partial charge is 0.481 e. The fraction of sp³-hybridized carbons (Fsp3) is 0.800. The molecule has 0 unspecified atom stereocenters. The van der Waals surface area contributed by atoms with Gasteiger partial charge in [0, 0.05) is 6.04 Å². The fourth-order valence-electron chi connectivity index (χ4n) is 1.10. The average molecular weight is 217 g/mol. The Morgan fingerprint density at radius 3 is 2.13 bits per heavy atom. The maximum Gasteiger partial charge on any atom is 0.324 e. The second-order valence-corrected chi connectivity index (χ2v) is 3.96. The average Bonchev–Trinajstić information content (AvgIpc) is 1.99. The predicted molar refractivity (Wildman–Crippen MR) is 55.5 cm³/mol. The molecule has 2 N–H and O–H groups in total. The van der Waals surface area contributed by atoms with Crippen LogP contribution in [0, 0.1) is 0 Å². The summed E-state index contributed by atoms with van der Waals surface area (Å²) in [5.74, 6) is -1.53. The molecule has 0 aromatic rings. The molecule has 88 valence electrons. The molecule has 5 nitrogen and oxygen atoms in total. The molecule has 5 heteroatoms. The lowest BCUT2D eigenvalue weighted by atomic mass is 10.2. The van der Waals surface area contributed by atoms with Gasteiger partial charge in [-0.3, -0.25) is 9.59 Å². The Labute approximate surface area is 89.8 Å². The van der Waals surface area contributed by atoms with Crippen molar-refractivity contribution in [2.45, 2.75) is 52.3 Å². The number of carboxylic acid groups (broad SMARTS) is 1. The lowest BCUT2D eigenvalue weighted by Crippen LogP contribution is -2.44. The van der Waals surface area contributed by atoms with E-state index in [1.54, 1.807) is 13.8 Å². The van der Waals surface area contributed by atoms with E-state index in [4.69, 9.17) is 9.84 Å². The number of aliphatic carboxylic acids is 1. The molecule has 15 heavy (non-hydrogen) atoms. The summed E-state index contributed by atoms with van der Waals surface area (Å²) in [7, 11) is 0. The van der Waals surface area contributed by atoms with Gasteiger partial charge in [-0.05, 0) is 13.8 Å². The Morgan fingerprint density at radius 1 is 1.27 bits per heavy atom. The van der Waals surface area contributed by atoms with Crippen LogP contribution in [0.2, 0.25) is 0 Å². The lowest BCUT2D eigenvalue weighted by Gasteiger charge is -2.19. The molecule has 0 aromatic carbocycles. The van der Waals surface area contributed by atoms with E-state index in [9.17, 15) is 9.59 Å². The molecule has 0 aliphatic rings. The standard InChI is InChI=1S/C10H19NO4/c1-6(2)11-8(5-9(12)13)10(14)15-7(3)4/h6-8,11H,5H2,1-4H3,(H,12,13)/t8-/m0/s1. The summed E-state index contributed by atoms with van der Waals surface area (Å²) >= 11 is 0. The number of nitrogens with one attached hydrogen (secondary N) is 1. The molecule has 0 rings (SSSR count). The summed E-state index contributed by atoms with van der Waals surface area (Å²) in [6.45, 7) is 7.14. The minimum Gasteiger partial charge on any atom is -0.481 e. The second kappa shape index (κ2) is 6.40. The van der Waals surface area contributed by atoms with Crippen LogP contribution in [0.5, 0.6) is 0 Å². The van der Waals surface area contributed by atoms with Gasteiger partial charge in [-0.25, -0.2) is 0 Å². The second-order valence-electron chi connectivity index (χ2n) is 3.96. The lowest BCUT2D eigenvalue weighted by molar-refractivity contribution is -0.153. The smallest absolute Gasteiger partial charge is 0.324 e. The van der Waals surface area contributed by atoms with Crippen molar-refractivity contribution in [2.75, 3.05) is 0 Å². The maximum atomic E-state index is 11.5. The van der Waals surface area contributed by atoms with Crippen LogP contribution in [0.1, 0.15) is 34.1 Å². The van der Waals surface area contributed by atoms with Gasteiger partial charge < -0.3 is 15.2 Å². The van der Waals surface area contributed by atoms with E-state index in [0.29, 0.717) is 0 Å². The van der Waals surface area contributed by atoms with Gasteiger partial charge in [0.15, 0.2) is 0 Å². The summed E-state index contributed by atoms with van der Waals surface area (Å²) in [6.07, 6.45) is -0.494. The minimum absolute atomic E-state index is 0.0362. The first-order chi connectivity index (χ1) is 6.82. The predicted octanol–water partition coefficient (Wildman–Crippen LogP) is 0.779. The monoisotopic (exact) mass is 217 g/mol. The summed E-state index contributed by atoms with van der Waals surface area (Å²) in [4.78, 5) is 22.0. The van der Waals surface area contributed by atoms with Crippen LogP contribution in [0.4, 0.5) is 0 Å². The molecule has 0 aliphatic carbocycles. The summed E-state index contributed by atoms with van der Waals surface area (Å²) in [5.41, 5.74) is 0. The third kappa shape index (κ3) is 6.90. The van der Waals surface area contributed by atoms with Crippen molar-refractivity contribution in [3.05, 3.63) is 0 Å². The molecule has 0 amide bonds. The molecular weight excluding hydrogens is 198 g/mol. The molecule has 0 radical (unpaired) electrons. The number of esters is 1. The number of ether oxygens (including phenoxy) is 1. The van der Waals surface area contributed by atoms with Crippen LogP contribution < -0.4 is 5.32 Å². The molecular formula is C10H19NO4. The van der Waals surface area contributed by atoms with Crippen molar-refractivity contribution >= 4 is 11.9 Å². The molecule has 0 heterocycles. The minimum atomic E-state index is -1.02. The van der Waals surface area contributed by atoms with Crippen LogP contribution >= 0.6 is 0 Å². The highest BCUT2D eigenvalue weighted by Gasteiger charge is 2.24. The third-order valence-corrected chi connectivity index (χ3v) is 1.55. The first-order valence-electron chi connectivity index (χ1n) is 5.01. The number of rotatable bonds is 6. The Hall–Kier alpha value is -1.10. The molecule has 0 fully saturated rings. The normalized spacial score (nSPS) is 12.9. The van der Waals surface area contributed by atoms with E-state index in [0.717, 1.165) is 0 Å².